The molecule has 0 saturated carbocycles. The summed E-state index contributed by atoms with van der Waals surface area (Å²) >= 11 is 3.23. The third-order valence-electron chi connectivity index (χ3n) is 2.49. The highest BCUT2D eigenvalue weighted by molar-refractivity contribution is 9.10. The van der Waals surface area contributed by atoms with Crippen LogP contribution in [0.4, 0.5) is 0 Å². The minimum Gasteiger partial charge on any atom is -0.352 e. The fraction of sp³-hybridized carbons (Fsp3) is 0.417. The van der Waals surface area contributed by atoms with Crippen LogP contribution in [0.3, 0.4) is 0 Å². The van der Waals surface area contributed by atoms with Crippen molar-refractivity contribution in [2.45, 2.75) is 25.7 Å². The van der Waals surface area contributed by atoms with Gasteiger partial charge in [0.15, 0.2) is 0 Å². The molecule has 0 atom stereocenters. The third kappa shape index (κ3) is 4.47. The molecule has 0 bridgehead atoms. The summed E-state index contributed by atoms with van der Waals surface area (Å²) in [6.07, 6.45) is 0. The smallest absolute Gasteiger partial charge is 0.261 e. The third-order valence-corrected chi connectivity index (χ3v) is 4.76. The van der Waals surface area contributed by atoms with Gasteiger partial charge in [0.05, 0.1) is 4.90 Å². The van der Waals surface area contributed by atoms with Gasteiger partial charge in [-0.1, -0.05) is 29.8 Å². The van der Waals surface area contributed by atoms with E-state index in [0.29, 0.717) is 22.5 Å². The van der Waals surface area contributed by atoms with Gasteiger partial charge in [-0.25, -0.2) is 8.42 Å². The van der Waals surface area contributed by atoms with Gasteiger partial charge in [0, 0.05) is 27.3 Å². The molecular formula is C12H15BrClNO3S. The highest BCUT2D eigenvalue weighted by Crippen LogP contribution is 2.28. The molecule has 0 spiro atoms. The van der Waals surface area contributed by atoms with Crippen LogP contribution in [0.2, 0.25) is 0 Å². The molecule has 0 aliphatic rings. The summed E-state index contributed by atoms with van der Waals surface area (Å²) in [4.78, 5) is 11.9. The van der Waals surface area contributed by atoms with Crippen LogP contribution in [0.1, 0.15) is 29.8 Å². The standard InChI is InChI=1S/C12H15BrClNO3S/c1-7(2)6-15-12(16)9-4-10(13)8(3)11(5-9)19(14,17)18/h4-5,7H,6H2,1-3H3,(H,15,16). The SMILES string of the molecule is Cc1c(Br)cc(C(=O)NCC(C)C)cc1S(=O)(=O)Cl. The Bertz CT molecular complexity index is 599. The molecule has 106 valence electrons. The Kier molecular flexibility index (Phi) is 5.41. The lowest BCUT2D eigenvalue weighted by Gasteiger charge is -2.11. The molecule has 7 heteroatoms. The first-order chi connectivity index (χ1) is 8.62. The summed E-state index contributed by atoms with van der Waals surface area (Å²) in [5.41, 5.74) is 0.743. The topological polar surface area (TPSA) is 63.2 Å². The molecule has 0 heterocycles. The number of amides is 1. The maximum Gasteiger partial charge on any atom is 0.261 e. The summed E-state index contributed by atoms with van der Waals surface area (Å²) in [7, 11) is 1.48. The highest BCUT2D eigenvalue weighted by Gasteiger charge is 2.19. The van der Waals surface area contributed by atoms with Gasteiger partial charge in [-0.3, -0.25) is 4.79 Å². The van der Waals surface area contributed by atoms with E-state index in [1.807, 2.05) is 13.8 Å². The minimum absolute atomic E-state index is 0.0572. The lowest BCUT2D eigenvalue weighted by Crippen LogP contribution is -2.27. The Hall–Kier alpha value is -0.590. The first-order valence-corrected chi connectivity index (χ1v) is 8.76. The van der Waals surface area contributed by atoms with E-state index in [4.69, 9.17) is 10.7 Å². The molecule has 19 heavy (non-hydrogen) atoms. The Morgan fingerprint density at radius 1 is 1.42 bits per heavy atom. The molecule has 4 nitrogen and oxygen atoms in total. The Labute approximate surface area is 126 Å². The van der Waals surface area contributed by atoms with Crippen LogP contribution in [0.5, 0.6) is 0 Å². The maximum absolute atomic E-state index is 11.9. The van der Waals surface area contributed by atoms with Crippen molar-refractivity contribution in [2.24, 2.45) is 5.92 Å². The summed E-state index contributed by atoms with van der Waals surface area (Å²) < 4.78 is 23.5. The molecule has 1 N–H and O–H groups in total. The predicted molar refractivity (Wildman–Crippen MR) is 79.1 cm³/mol. The van der Waals surface area contributed by atoms with Crippen molar-refractivity contribution in [3.63, 3.8) is 0 Å². The van der Waals surface area contributed by atoms with Gasteiger partial charge >= 0.3 is 0 Å². The van der Waals surface area contributed by atoms with Crippen molar-refractivity contribution >= 4 is 41.6 Å². The van der Waals surface area contributed by atoms with Gasteiger partial charge in [-0.05, 0) is 30.5 Å². The second-order valence-corrected chi connectivity index (χ2v) is 8.01. The monoisotopic (exact) mass is 367 g/mol. The summed E-state index contributed by atoms with van der Waals surface area (Å²) in [5.74, 6) is -0.00923. The van der Waals surface area contributed by atoms with Crippen molar-refractivity contribution in [1.82, 2.24) is 5.32 Å². The first kappa shape index (κ1) is 16.5. The number of hydrogen-bond acceptors (Lipinski definition) is 3. The fourth-order valence-corrected chi connectivity index (χ4v) is 3.25. The van der Waals surface area contributed by atoms with Crippen molar-refractivity contribution in [2.75, 3.05) is 6.54 Å². The largest absolute Gasteiger partial charge is 0.352 e. The van der Waals surface area contributed by atoms with Crippen LogP contribution < -0.4 is 5.32 Å². The van der Waals surface area contributed by atoms with Gasteiger partial charge in [0.2, 0.25) is 0 Å². The van der Waals surface area contributed by atoms with Gasteiger partial charge < -0.3 is 5.32 Å². The maximum atomic E-state index is 11.9. The zero-order valence-corrected chi connectivity index (χ0v) is 14.0. The summed E-state index contributed by atoms with van der Waals surface area (Å²) in [6.45, 7) is 6.09. The predicted octanol–water partition coefficient (Wildman–Crippen LogP) is 3.07. The molecule has 1 aromatic carbocycles. The molecule has 0 saturated heterocycles. The van der Waals surface area contributed by atoms with Crippen LogP contribution >= 0.6 is 26.6 Å². The highest BCUT2D eigenvalue weighted by atomic mass is 79.9. The molecule has 1 amide bonds. The second kappa shape index (κ2) is 6.24. The summed E-state index contributed by atoms with van der Waals surface area (Å²) in [5, 5.41) is 2.73. The van der Waals surface area contributed by atoms with E-state index in [0.717, 1.165) is 0 Å². The number of hydrogen-bond donors (Lipinski definition) is 1. The van der Waals surface area contributed by atoms with Crippen LogP contribution in [-0.4, -0.2) is 20.9 Å². The molecule has 0 unspecified atom stereocenters. The molecule has 0 aliphatic carbocycles. The molecule has 0 fully saturated rings. The molecule has 1 aromatic rings. The second-order valence-electron chi connectivity index (χ2n) is 4.62. The van der Waals surface area contributed by atoms with Crippen LogP contribution in [0, 0.1) is 12.8 Å². The minimum atomic E-state index is -3.88. The lowest BCUT2D eigenvalue weighted by atomic mass is 10.1. The average Bonchev–Trinajstić information content (AvgIpc) is 2.27. The quantitative estimate of drug-likeness (QED) is 0.831. The van der Waals surface area contributed by atoms with E-state index in [-0.39, 0.29) is 16.4 Å². The van der Waals surface area contributed by atoms with E-state index in [9.17, 15) is 13.2 Å². The van der Waals surface area contributed by atoms with Gasteiger partial charge in [0.1, 0.15) is 0 Å². The number of nitrogens with one attached hydrogen (secondary N) is 1. The number of benzene rings is 1. The van der Waals surface area contributed by atoms with Gasteiger partial charge in [-0.2, -0.15) is 0 Å². The fourth-order valence-electron chi connectivity index (χ4n) is 1.44. The Balaban J connectivity index is 3.18. The Morgan fingerprint density at radius 2 is 2.00 bits per heavy atom. The van der Waals surface area contributed by atoms with E-state index in [1.54, 1.807) is 13.0 Å². The lowest BCUT2D eigenvalue weighted by molar-refractivity contribution is 0.0948. The average molecular weight is 369 g/mol. The van der Waals surface area contributed by atoms with E-state index < -0.39 is 9.05 Å². The van der Waals surface area contributed by atoms with E-state index >= 15 is 0 Å². The van der Waals surface area contributed by atoms with E-state index in [2.05, 4.69) is 21.2 Å². The number of rotatable bonds is 4. The molecule has 1 rings (SSSR count). The molecular weight excluding hydrogens is 354 g/mol. The number of carbonyl (C=O) groups is 1. The zero-order chi connectivity index (χ0) is 14.8. The van der Waals surface area contributed by atoms with Crippen LogP contribution in [0.25, 0.3) is 0 Å². The Morgan fingerprint density at radius 3 is 2.47 bits per heavy atom. The number of carbonyl (C=O) groups excluding carboxylic acids is 1. The van der Waals surface area contributed by atoms with Crippen molar-refractivity contribution < 1.29 is 13.2 Å². The van der Waals surface area contributed by atoms with Crippen LogP contribution in [-0.2, 0) is 9.05 Å². The van der Waals surface area contributed by atoms with Crippen molar-refractivity contribution in [3.8, 4) is 0 Å². The van der Waals surface area contributed by atoms with E-state index in [1.165, 1.54) is 6.07 Å². The first-order valence-electron chi connectivity index (χ1n) is 5.66. The number of halogens is 2. The molecule has 0 radical (unpaired) electrons. The van der Waals surface area contributed by atoms with Crippen molar-refractivity contribution in [3.05, 3.63) is 27.7 Å². The normalized spacial score (nSPS) is 11.7. The van der Waals surface area contributed by atoms with Crippen LogP contribution in [0.15, 0.2) is 21.5 Å². The molecule has 0 aromatic heterocycles. The van der Waals surface area contributed by atoms with Crippen molar-refractivity contribution in [1.29, 1.82) is 0 Å². The zero-order valence-electron chi connectivity index (χ0n) is 10.8. The summed E-state index contributed by atoms with van der Waals surface area (Å²) in [6, 6.07) is 2.87. The van der Waals surface area contributed by atoms with Gasteiger partial charge in [-0.15, -0.1) is 0 Å². The van der Waals surface area contributed by atoms with Gasteiger partial charge in [0.25, 0.3) is 15.0 Å². The molecule has 0 aliphatic heterocycles.